The largest absolute Gasteiger partial charge is 0.438 e. The van der Waals surface area contributed by atoms with Crippen molar-refractivity contribution < 1.29 is 36.6 Å². The fourth-order valence-electron chi connectivity index (χ4n) is 10.9. The Bertz CT molecular complexity index is 2600. The number of hydrogen-bond donors (Lipinski definition) is 0. The third-order valence-corrected chi connectivity index (χ3v) is 16.5. The molecule has 2 aliphatic heterocycles. The predicted octanol–water partition coefficient (Wildman–Crippen LogP) is 17.6. The Labute approximate surface area is 497 Å². The average Bonchev–Trinajstić information content (AvgIpc) is 2.00. The van der Waals surface area contributed by atoms with Gasteiger partial charge in [0.05, 0.1) is 5.69 Å². The number of aryl methyl sites for hydroxylation is 3. The van der Waals surface area contributed by atoms with Crippen LogP contribution in [0.4, 0.5) is 33.0 Å². The van der Waals surface area contributed by atoms with Gasteiger partial charge in [0.1, 0.15) is 35.4 Å². The number of benzene rings is 2. The van der Waals surface area contributed by atoms with Crippen LogP contribution in [0.3, 0.4) is 0 Å². The average molecular weight is 1160 g/mol. The molecule has 2 aliphatic carbocycles. The maximum Gasteiger partial charge on any atom is 0.410 e. The number of unbranched alkanes of at least 4 members (excludes halogenated alkanes) is 4. The summed E-state index contributed by atoms with van der Waals surface area (Å²) in [6, 6.07) is 7.10. The van der Waals surface area contributed by atoms with E-state index in [1.807, 2.05) is 48.5 Å². The number of aliphatic imine (C=N–C) groups is 1. The molecule has 0 N–H and O–H groups in total. The van der Waals surface area contributed by atoms with Crippen LogP contribution >= 0.6 is 0 Å². The third kappa shape index (κ3) is 20.1. The lowest BCUT2D eigenvalue weighted by molar-refractivity contribution is -0.0211. The van der Waals surface area contributed by atoms with Crippen molar-refractivity contribution in [1.29, 1.82) is 0 Å². The summed E-state index contributed by atoms with van der Waals surface area (Å²) in [7, 11) is 0. The van der Waals surface area contributed by atoms with Crippen molar-refractivity contribution in [2.75, 3.05) is 50.7 Å². The van der Waals surface area contributed by atoms with Gasteiger partial charge in [0.2, 0.25) is 0 Å². The van der Waals surface area contributed by atoms with Gasteiger partial charge < -0.3 is 29.1 Å². The lowest BCUT2D eigenvalue weighted by Gasteiger charge is -2.42. The summed E-state index contributed by atoms with van der Waals surface area (Å²) in [6.07, 6.45) is 19.9. The van der Waals surface area contributed by atoms with Crippen molar-refractivity contribution in [2.24, 2.45) is 22.7 Å². The number of allylic oxidation sites excluding steroid dienone is 6. The van der Waals surface area contributed by atoms with Crippen LogP contribution in [-0.4, -0.2) is 106 Å². The van der Waals surface area contributed by atoms with E-state index in [4.69, 9.17) is 14.5 Å². The van der Waals surface area contributed by atoms with Crippen molar-refractivity contribution in [3.8, 4) is 0 Å². The zero-order valence-electron chi connectivity index (χ0n) is 53.8. The van der Waals surface area contributed by atoms with Crippen molar-refractivity contribution in [2.45, 2.75) is 206 Å². The highest BCUT2D eigenvalue weighted by molar-refractivity contribution is 6.03. The minimum atomic E-state index is -0.933. The molecule has 11 nitrogen and oxygen atoms in total. The van der Waals surface area contributed by atoms with Gasteiger partial charge in [-0.05, 0) is 146 Å². The molecule has 15 heteroatoms. The summed E-state index contributed by atoms with van der Waals surface area (Å²) >= 11 is 0. The van der Waals surface area contributed by atoms with Gasteiger partial charge in [-0.1, -0.05) is 120 Å². The van der Waals surface area contributed by atoms with E-state index in [0.717, 1.165) is 83.9 Å². The number of ether oxygens (including phenoxy) is 2. The Morgan fingerprint density at radius 3 is 1.76 bits per heavy atom. The Hall–Kier alpha value is -5.99. The Kier molecular flexibility index (Phi) is 29.8. The maximum absolute atomic E-state index is 13.7. The molecule has 3 aromatic rings. The molecule has 83 heavy (non-hydrogen) atoms. The van der Waals surface area contributed by atoms with Gasteiger partial charge in [0.15, 0.2) is 11.2 Å². The molecule has 1 aromatic heterocycles. The first-order valence-electron chi connectivity index (χ1n) is 30.9. The number of rotatable bonds is 18. The molecule has 0 spiro atoms. The molecule has 4 fully saturated rings. The van der Waals surface area contributed by atoms with Gasteiger partial charge in [-0.25, -0.2) is 37.1 Å². The van der Waals surface area contributed by atoms with E-state index in [1.54, 1.807) is 29.3 Å². The molecule has 462 valence electrons. The van der Waals surface area contributed by atoms with Gasteiger partial charge in [-0.15, -0.1) is 0 Å². The fourth-order valence-corrected chi connectivity index (χ4v) is 10.9. The second-order valence-corrected chi connectivity index (χ2v) is 22.6. The summed E-state index contributed by atoms with van der Waals surface area (Å²) in [5, 5.41) is 0. The zero-order valence-corrected chi connectivity index (χ0v) is 53.8. The smallest absolute Gasteiger partial charge is 0.410 e. The molecule has 2 saturated carbocycles. The van der Waals surface area contributed by atoms with Crippen molar-refractivity contribution in [1.82, 2.24) is 24.7 Å². The SMILES string of the molecule is C=CN=C(C)C(/C(=C\C)C(C)CC)=C(\C)N1CCN(C(=O)OC2(C)C(C)C2(C)OC(=O)N2CCN(c3ncnc(C)c3/C(=C\CCC)C3CC3)CC2)CC1C.CC.CCCCCC.CCCc1cc(F)cc(F)c1.Cc1cc(F)cc(F)c1. The first kappa shape index (κ1) is 71.3. The molecule has 0 bridgehead atoms. The highest BCUT2D eigenvalue weighted by atomic mass is 19.1. The molecule has 4 aliphatic rings. The maximum atomic E-state index is 13.7. The summed E-state index contributed by atoms with van der Waals surface area (Å²) < 4.78 is 61.8. The minimum absolute atomic E-state index is 0.0604. The third-order valence-electron chi connectivity index (χ3n) is 16.5. The first-order valence-corrected chi connectivity index (χ1v) is 30.9. The number of carbonyl (C=O) groups is 2. The molecule has 2 saturated heterocycles. The molecular formula is C68H103F4N7O4. The lowest BCUT2D eigenvalue weighted by Crippen LogP contribution is -2.54. The van der Waals surface area contributed by atoms with E-state index in [0.29, 0.717) is 63.2 Å². The number of anilines is 1. The van der Waals surface area contributed by atoms with Crippen LogP contribution in [0.15, 0.2) is 89.5 Å². The van der Waals surface area contributed by atoms with Crippen molar-refractivity contribution in [3.63, 3.8) is 0 Å². The molecule has 5 unspecified atom stereocenters. The number of piperazine rings is 2. The summed E-state index contributed by atoms with van der Waals surface area (Å²) in [5.74, 6) is -0.256. The van der Waals surface area contributed by atoms with Crippen LogP contribution in [0.5, 0.6) is 0 Å². The van der Waals surface area contributed by atoms with Gasteiger partial charge in [0, 0.05) is 98.7 Å². The van der Waals surface area contributed by atoms with Crippen LogP contribution < -0.4 is 4.90 Å². The van der Waals surface area contributed by atoms with Gasteiger partial charge in [-0.3, -0.25) is 4.99 Å². The van der Waals surface area contributed by atoms with Crippen LogP contribution in [0.25, 0.3) is 5.57 Å². The van der Waals surface area contributed by atoms with E-state index in [-0.39, 0.29) is 24.1 Å². The molecule has 2 amide bonds. The van der Waals surface area contributed by atoms with Crippen LogP contribution in [0, 0.1) is 54.9 Å². The summed E-state index contributed by atoms with van der Waals surface area (Å²) in [4.78, 5) is 49.5. The second kappa shape index (κ2) is 34.7. The number of carbonyl (C=O) groups excluding carboxylic acids is 2. The van der Waals surface area contributed by atoms with Crippen LogP contribution in [0.2, 0.25) is 0 Å². The molecular weight excluding hydrogens is 1050 g/mol. The van der Waals surface area contributed by atoms with Crippen molar-refractivity contribution in [3.05, 3.63) is 130 Å². The normalized spacial score (nSPS) is 21.3. The topological polar surface area (TPSA) is 104 Å². The zero-order chi connectivity index (χ0) is 62.2. The van der Waals surface area contributed by atoms with E-state index in [2.05, 4.69) is 101 Å². The van der Waals surface area contributed by atoms with E-state index >= 15 is 0 Å². The van der Waals surface area contributed by atoms with Crippen LogP contribution in [0.1, 0.15) is 190 Å². The summed E-state index contributed by atoms with van der Waals surface area (Å²) in [6.45, 7) is 42.9. The van der Waals surface area contributed by atoms with Gasteiger partial charge in [0.25, 0.3) is 0 Å². The lowest BCUT2D eigenvalue weighted by atomic mass is 9.87. The van der Waals surface area contributed by atoms with Gasteiger partial charge in [-0.2, -0.15) is 0 Å². The number of amides is 2. The molecule has 5 atom stereocenters. The number of aromatic nitrogens is 2. The van der Waals surface area contributed by atoms with Crippen molar-refractivity contribution >= 4 is 29.3 Å². The number of hydrogen-bond acceptors (Lipinski definition) is 9. The van der Waals surface area contributed by atoms with E-state index < -0.39 is 34.5 Å². The predicted molar refractivity (Wildman–Crippen MR) is 335 cm³/mol. The Morgan fingerprint density at radius 2 is 1.30 bits per heavy atom. The molecule has 3 heterocycles. The Morgan fingerprint density at radius 1 is 0.771 bits per heavy atom. The molecule has 0 radical (unpaired) electrons. The first-order chi connectivity index (χ1) is 39.5. The highest BCUT2D eigenvalue weighted by Crippen LogP contribution is 2.59. The fraction of sp³-hybridized carbons (Fsp3) is 0.603. The minimum Gasteiger partial charge on any atom is -0.438 e. The quantitative estimate of drug-likeness (QED) is 0.0537. The van der Waals surface area contributed by atoms with E-state index in [9.17, 15) is 27.2 Å². The highest BCUT2D eigenvalue weighted by Gasteiger charge is 2.76. The number of halogens is 4. The summed E-state index contributed by atoms with van der Waals surface area (Å²) in [5.41, 5.74) is 7.53. The number of nitrogens with zero attached hydrogens (tertiary/aromatic N) is 7. The van der Waals surface area contributed by atoms with Crippen LogP contribution in [-0.2, 0) is 15.9 Å². The Balaban J connectivity index is 0.000000522. The second-order valence-electron chi connectivity index (χ2n) is 22.6. The standard InChI is InChI=1S/C44H67N7O4.C9H10F2.C7H6F2.C6H14.C2H6/c1-13-17-18-37(35-19-20-35)39-32(8)46-28-47-40(39)48-21-23-49(24-22-48)41(52)54-43(11)34(10)44(43,12)55-42(53)50-25-26-51(30(6)27-50)33(9)38(31(7)45-16-4)36(15-3)29(5)14-2;1-2-3-7-4-8(10)6-9(11)5-7;1-5-2-6(8)4-7(9)3-5;1-3-5-6-4-2;1-2/h15-16,18,28-30,34-35H,4,13-14,17,19-27H2,1-3,5-12H3;4-6H,2-3H2,1H3;2-4H,1H3;3-6H2,1-2H3;1-2H3/b36-15-,37-18-,38-33-,45-31?;;;;. The molecule has 2 aromatic carbocycles. The monoisotopic (exact) mass is 1160 g/mol. The van der Waals surface area contributed by atoms with Gasteiger partial charge >= 0.3 is 12.2 Å². The van der Waals surface area contributed by atoms with E-state index in [1.165, 1.54) is 73.9 Å². The molecule has 7 rings (SSSR count).